The van der Waals surface area contributed by atoms with E-state index in [0.29, 0.717) is 6.54 Å². The minimum absolute atomic E-state index is 0.0578. The van der Waals surface area contributed by atoms with E-state index >= 15 is 0 Å². The van der Waals surface area contributed by atoms with Gasteiger partial charge in [0.1, 0.15) is 0 Å². The second-order valence-corrected chi connectivity index (χ2v) is 6.56. The molecular formula is C15H22ClN3OS. The lowest BCUT2D eigenvalue weighted by Gasteiger charge is -2.33. The maximum Gasteiger partial charge on any atom is 0.317 e. The van der Waals surface area contributed by atoms with Crippen molar-refractivity contribution in [2.24, 2.45) is 0 Å². The first-order valence-electron chi connectivity index (χ1n) is 7.32. The highest BCUT2D eigenvalue weighted by Gasteiger charge is 2.19. The lowest BCUT2D eigenvalue weighted by molar-refractivity contribution is 0.143. The van der Waals surface area contributed by atoms with Crippen molar-refractivity contribution >= 4 is 29.4 Å². The Morgan fingerprint density at radius 1 is 1.24 bits per heavy atom. The van der Waals surface area contributed by atoms with Crippen molar-refractivity contribution in [2.75, 3.05) is 45.0 Å². The average molecular weight is 328 g/mol. The molecule has 1 aliphatic rings. The number of carbonyl (C=O) groups is 1. The van der Waals surface area contributed by atoms with Crippen LogP contribution < -0.4 is 5.32 Å². The summed E-state index contributed by atoms with van der Waals surface area (Å²) < 4.78 is 0. The predicted molar refractivity (Wildman–Crippen MR) is 89.3 cm³/mol. The van der Waals surface area contributed by atoms with E-state index in [2.05, 4.69) is 17.1 Å². The number of benzene rings is 1. The van der Waals surface area contributed by atoms with Crippen LogP contribution in [0.5, 0.6) is 0 Å². The fourth-order valence-corrected chi connectivity index (χ4v) is 3.13. The van der Waals surface area contributed by atoms with Crippen LogP contribution in [0.25, 0.3) is 0 Å². The molecule has 0 aliphatic carbocycles. The van der Waals surface area contributed by atoms with Crippen LogP contribution in [0.15, 0.2) is 29.2 Å². The summed E-state index contributed by atoms with van der Waals surface area (Å²) in [5, 5.41) is 3.74. The topological polar surface area (TPSA) is 35.6 Å². The van der Waals surface area contributed by atoms with Gasteiger partial charge in [0.05, 0.1) is 0 Å². The second-order valence-electron chi connectivity index (χ2n) is 4.96. The molecule has 1 aromatic carbocycles. The fourth-order valence-electron chi connectivity index (χ4n) is 2.24. The number of piperazine rings is 1. The number of amides is 2. The SMILES string of the molecule is CCN1CCN(C(=O)NCCSc2ccc(Cl)cc2)CC1. The Hall–Kier alpha value is -0.910. The largest absolute Gasteiger partial charge is 0.337 e. The number of rotatable bonds is 5. The number of nitrogens with zero attached hydrogens (tertiary/aromatic N) is 2. The van der Waals surface area contributed by atoms with Gasteiger partial charge in [-0.1, -0.05) is 18.5 Å². The maximum atomic E-state index is 12.0. The lowest BCUT2D eigenvalue weighted by atomic mass is 10.3. The summed E-state index contributed by atoms with van der Waals surface area (Å²) >= 11 is 7.57. The van der Waals surface area contributed by atoms with Crippen LogP contribution in [-0.4, -0.2) is 60.9 Å². The zero-order valence-corrected chi connectivity index (χ0v) is 13.9. The first-order valence-corrected chi connectivity index (χ1v) is 8.69. The predicted octanol–water partition coefficient (Wildman–Crippen LogP) is 2.78. The zero-order valence-electron chi connectivity index (χ0n) is 12.3. The van der Waals surface area contributed by atoms with E-state index in [9.17, 15) is 4.79 Å². The van der Waals surface area contributed by atoms with Crippen molar-refractivity contribution in [2.45, 2.75) is 11.8 Å². The van der Waals surface area contributed by atoms with Crippen molar-refractivity contribution in [1.82, 2.24) is 15.1 Å². The van der Waals surface area contributed by atoms with Crippen molar-refractivity contribution < 1.29 is 4.79 Å². The van der Waals surface area contributed by atoms with Crippen molar-refractivity contribution in [1.29, 1.82) is 0 Å². The Morgan fingerprint density at radius 3 is 2.52 bits per heavy atom. The summed E-state index contributed by atoms with van der Waals surface area (Å²) in [6.07, 6.45) is 0. The van der Waals surface area contributed by atoms with Gasteiger partial charge in [-0.05, 0) is 30.8 Å². The minimum atomic E-state index is 0.0578. The highest BCUT2D eigenvalue weighted by Crippen LogP contribution is 2.19. The third-order valence-electron chi connectivity index (χ3n) is 3.57. The first kappa shape index (κ1) is 16.5. The number of urea groups is 1. The average Bonchev–Trinajstić information content (AvgIpc) is 2.53. The van der Waals surface area contributed by atoms with Crippen molar-refractivity contribution in [3.8, 4) is 0 Å². The molecule has 0 unspecified atom stereocenters. The molecule has 0 saturated carbocycles. The number of nitrogens with one attached hydrogen (secondary N) is 1. The lowest BCUT2D eigenvalue weighted by Crippen LogP contribution is -2.51. The smallest absolute Gasteiger partial charge is 0.317 e. The molecule has 1 aliphatic heterocycles. The van der Waals surface area contributed by atoms with Crippen LogP contribution in [0.4, 0.5) is 4.79 Å². The van der Waals surface area contributed by atoms with Gasteiger partial charge in [0.15, 0.2) is 0 Å². The Labute approximate surface area is 135 Å². The molecule has 6 heteroatoms. The molecule has 0 atom stereocenters. The van der Waals surface area contributed by atoms with E-state index < -0.39 is 0 Å². The number of hydrogen-bond acceptors (Lipinski definition) is 3. The molecule has 0 aromatic heterocycles. The van der Waals surface area contributed by atoms with Gasteiger partial charge in [0.25, 0.3) is 0 Å². The van der Waals surface area contributed by atoms with Gasteiger partial charge in [-0.3, -0.25) is 0 Å². The van der Waals surface area contributed by atoms with Crippen LogP contribution in [0.2, 0.25) is 5.02 Å². The van der Waals surface area contributed by atoms with Crippen LogP contribution in [0, 0.1) is 0 Å². The summed E-state index contributed by atoms with van der Waals surface area (Å²) in [5.74, 6) is 0.863. The van der Waals surface area contributed by atoms with Gasteiger partial charge in [0.2, 0.25) is 0 Å². The summed E-state index contributed by atoms with van der Waals surface area (Å²) in [6, 6.07) is 7.82. The van der Waals surface area contributed by atoms with Crippen molar-refractivity contribution in [3.63, 3.8) is 0 Å². The van der Waals surface area contributed by atoms with Gasteiger partial charge >= 0.3 is 6.03 Å². The van der Waals surface area contributed by atoms with Crippen LogP contribution >= 0.6 is 23.4 Å². The number of halogens is 1. The quantitative estimate of drug-likeness (QED) is 0.667. The number of thioether (sulfide) groups is 1. The van der Waals surface area contributed by atoms with E-state index in [1.807, 2.05) is 29.2 Å². The Bertz CT molecular complexity index is 447. The van der Waals surface area contributed by atoms with E-state index in [4.69, 9.17) is 11.6 Å². The first-order chi connectivity index (χ1) is 10.2. The van der Waals surface area contributed by atoms with Gasteiger partial charge in [-0.25, -0.2) is 4.79 Å². The molecule has 21 heavy (non-hydrogen) atoms. The van der Waals surface area contributed by atoms with Crippen molar-refractivity contribution in [3.05, 3.63) is 29.3 Å². The van der Waals surface area contributed by atoms with Crippen LogP contribution in [-0.2, 0) is 0 Å². The Morgan fingerprint density at radius 2 is 1.90 bits per heavy atom. The third kappa shape index (κ3) is 5.41. The summed E-state index contributed by atoms with van der Waals surface area (Å²) in [7, 11) is 0. The van der Waals surface area contributed by atoms with E-state index in [0.717, 1.165) is 43.5 Å². The molecule has 2 rings (SSSR count). The van der Waals surface area contributed by atoms with Crippen LogP contribution in [0.3, 0.4) is 0 Å². The standard InChI is InChI=1S/C15H22ClN3OS/c1-2-18-8-10-19(11-9-18)15(20)17-7-12-21-14-5-3-13(16)4-6-14/h3-6H,2,7-12H2,1H3,(H,17,20). The molecule has 0 spiro atoms. The minimum Gasteiger partial charge on any atom is -0.337 e. The molecule has 1 N–H and O–H groups in total. The maximum absolute atomic E-state index is 12.0. The molecule has 1 fully saturated rings. The Balaban J connectivity index is 1.62. The van der Waals surface area contributed by atoms with Gasteiger partial charge in [0, 0.05) is 48.4 Å². The molecule has 1 saturated heterocycles. The zero-order chi connectivity index (χ0) is 15.1. The Kier molecular flexibility index (Phi) is 6.67. The highest BCUT2D eigenvalue weighted by molar-refractivity contribution is 7.99. The van der Waals surface area contributed by atoms with E-state index in [-0.39, 0.29) is 6.03 Å². The highest BCUT2D eigenvalue weighted by atomic mass is 35.5. The van der Waals surface area contributed by atoms with Gasteiger partial charge in [-0.15, -0.1) is 11.8 Å². The normalized spacial score (nSPS) is 16.0. The summed E-state index contributed by atoms with van der Waals surface area (Å²) in [5.41, 5.74) is 0. The summed E-state index contributed by atoms with van der Waals surface area (Å²) in [4.78, 5) is 17.5. The van der Waals surface area contributed by atoms with Gasteiger partial charge < -0.3 is 15.1 Å². The third-order valence-corrected chi connectivity index (χ3v) is 4.83. The van der Waals surface area contributed by atoms with Gasteiger partial charge in [-0.2, -0.15) is 0 Å². The molecule has 116 valence electrons. The van der Waals surface area contributed by atoms with Crippen LogP contribution in [0.1, 0.15) is 6.92 Å². The molecule has 1 aromatic rings. The second kappa shape index (κ2) is 8.51. The fraction of sp³-hybridized carbons (Fsp3) is 0.533. The molecular weight excluding hydrogens is 306 g/mol. The van der Waals surface area contributed by atoms with E-state index in [1.54, 1.807) is 11.8 Å². The molecule has 0 bridgehead atoms. The molecule has 2 amide bonds. The number of carbonyl (C=O) groups excluding carboxylic acids is 1. The number of hydrogen-bond donors (Lipinski definition) is 1. The molecule has 1 heterocycles. The molecule has 0 radical (unpaired) electrons. The van der Waals surface area contributed by atoms with E-state index in [1.165, 1.54) is 4.90 Å². The molecule has 4 nitrogen and oxygen atoms in total. The number of likely N-dealkylation sites (N-methyl/N-ethyl adjacent to an activating group) is 1. The monoisotopic (exact) mass is 327 g/mol. The summed E-state index contributed by atoms with van der Waals surface area (Å²) in [6.45, 7) is 7.50.